The molecule has 2 bridgehead atoms. The molecule has 1 amide bonds. The molecule has 0 radical (unpaired) electrons. The number of carbonyl (C=O) groups is 1. The van der Waals surface area contributed by atoms with Gasteiger partial charge < -0.3 is 9.80 Å². The van der Waals surface area contributed by atoms with Gasteiger partial charge in [0.2, 0.25) is 0 Å². The van der Waals surface area contributed by atoms with Gasteiger partial charge in [-0.3, -0.25) is 10.0 Å². The van der Waals surface area contributed by atoms with Crippen molar-refractivity contribution >= 4 is 17.4 Å². The van der Waals surface area contributed by atoms with Crippen LogP contribution in [0, 0.1) is 6.92 Å². The van der Waals surface area contributed by atoms with Crippen LogP contribution in [0.2, 0.25) is 0 Å². The molecule has 0 spiro atoms. The fraction of sp³-hybridized carbons (Fsp3) is 0.353. The SMILES string of the molecule is Cc1cccc(N2C[C@@H]3C[C@H]2CN3c2cnc(C(=O)NO)cn2)c1. The molecule has 0 aliphatic carbocycles. The fourth-order valence-electron chi connectivity index (χ4n) is 3.71. The molecular weight excluding hydrogens is 306 g/mol. The quantitative estimate of drug-likeness (QED) is 0.655. The molecule has 2 aliphatic rings. The fourth-order valence-corrected chi connectivity index (χ4v) is 3.71. The third kappa shape index (κ3) is 2.46. The lowest BCUT2D eigenvalue weighted by atomic mass is 10.2. The number of aromatic nitrogens is 2. The molecule has 2 aliphatic heterocycles. The van der Waals surface area contributed by atoms with Gasteiger partial charge in [0.1, 0.15) is 11.5 Å². The number of hydroxylamine groups is 1. The molecule has 2 aromatic rings. The lowest BCUT2D eigenvalue weighted by Crippen LogP contribution is -2.47. The number of nitrogens with zero attached hydrogens (tertiary/aromatic N) is 4. The van der Waals surface area contributed by atoms with E-state index < -0.39 is 5.91 Å². The van der Waals surface area contributed by atoms with Crippen molar-refractivity contribution in [1.29, 1.82) is 0 Å². The van der Waals surface area contributed by atoms with Crippen molar-refractivity contribution in [2.75, 3.05) is 22.9 Å². The number of rotatable bonds is 3. The summed E-state index contributed by atoms with van der Waals surface area (Å²) in [6.07, 6.45) is 4.10. The Bertz CT molecular complexity index is 764. The van der Waals surface area contributed by atoms with Gasteiger partial charge >= 0.3 is 0 Å². The third-order valence-corrected chi connectivity index (χ3v) is 4.84. The minimum Gasteiger partial charge on any atom is -0.365 e. The highest BCUT2D eigenvalue weighted by Gasteiger charge is 2.43. The van der Waals surface area contributed by atoms with E-state index >= 15 is 0 Å². The monoisotopic (exact) mass is 325 g/mol. The molecule has 2 saturated heterocycles. The van der Waals surface area contributed by atoms with E-state index in [9.17, 15) is 4.79 Å². The highest BCUT2D eigenvalue weighted by Crippen LogP contribution is 2.36. The molecule has 24 heavy (non-hydrogen) atoms. The second-order valence-corrected chi connectivity index (χ2v) is 6.39. The molecule has 0 unspecified atom stereocenters. The maximum absolute atomic E-state index is 11.3. The van der Waals surface area contributed by atoms with Crippen LogP contribution in [-0.2, 0) is 0 Å². The van der Waals surface area contributed by atoms with Crippen molar-refractivity contribution in [2.45, 2.75) is 25.4 Å². The van der Waals surface area contributed by atoms with Crippen LogP contribution in [-0.4, -0.2) is 46.3 Å². The zero-order valence-electron chi connectivity index (χ0n) is 13.4. The smallest absolute Gasteiger partial charge is 0.294 e. The summed E-state index contributed by atoms with van der Waals surface area (Å²) in [5.41, 5.74) is 4.22. The number of nitrogens with one attached hydrogen (secondary N) is 1. The zero-order chi connectivity index (χ0) is 16.7. The molecule has 0 saturated carbocycles. The molecule has 1 aromatic heterocycles. The van der Waals surface area contributed by atoms with Crippen LogP contribution in [0.4, 0.5) is 11.5 Å². The summed E-state index contributed by atoms with van der Waals surface area (Å²) in [7, 11) is 0. The number of fused-ring (bicyclic) bond motifs is 2. The Morgan fingerprint density at radius 2 is 2.00 bits per heavy atom. The number of piperazine rings is 1. The maximum Gasteiger partial charge on any atom is 0.294 e. The van der Waals surface area contributed by atoms with E-state index in [-0.39, 0.29) is 5.69 Å². The van der Waals surface area contributed by atoms with E-state index in [1.54, 1.807) is 11.7 Å². The molecule has 7 nitrogen and oxygen atoms in total. The average molecular weight is 325 g/mol. The molecule has 2 N–H and O–H groups in total. The normalized spacial score (nSPS) is 22.1. The third-order valence-electron chi connectivity index (χ3n) is 4.84. The van der Waals surface area contributed by atoms with Gasteiger partial charge in [-0.1, -0.05) is 12.1 Å². The first-order valence-corrected chi connectivity index (χ1v) is 8.02. The molecule has 4 rings (SSSR count). The van der Waals surface area contributed by atoms with E-state index in [2.05, 4.69) is 51.0 Å². The van der Waals surface area contributed by atoms with Crippen LogP contribution in [0.15, 0.2) is 36.7 Å². The van der Waals surface area contributed by atoms with Gasteiger partial charge in [-0.25, -0.2) is 15.4 Å². The Morgan fingerprint density at radius 3 is 2.62 bits per heavy atom. The van der Waals surface area contributed by atoms with E-state index in [0.29, 0.717) is 12.1 Å². The highest BCUT2D eigenvalue weighted by molar-refractivity contribution is 5.91. The summed E-state index contributed by atoms with van der Waals surface area (Å²) < 4.78 is 0. The van der Waals surface area contributed by atoms with Crippen LogP contribution in [0.3, 0.4) is 0 Å². The molecule has 2 fully saturated rings. The van der Waals surface area contributed by atoms with Crippen molar-refractivity contribution in [3.63, 3.8) is 0 Å². The first-order chi connectivity index (χ1) is 11.7. The predicted molar refractivity (Wildman–Crippen MR) is 89.3 cm³/mol. The van der Waals surface area contributed by atoms with Crippen LogP contribution >= 0.6 is 0 Å². The van der Waals surface area contributed by atoms with Crippen molar-refractivity contribution in [1.82, 2.24) is 15.4 Å². The Labute approximate surface area is 139 Å². The molecule has 3 heterocycles. The number of hydrogen-bond acceptors (Lipinski definition) is 6. The Kier molecular flexibility index (Phi) is 3.57. The largest absolute Gasteiger partial charge is 0.365 e. The summed E-state index contributed by atoms with van der Waals surface area (Å²) in [5.74, 6) is 0.128. The first kappa shape index (κ1) is 14.9. The van der Waals surface area contributed by atoms with Gasteiger partial charge in [0.25, 0.3) is 5.91 Å². The highest BCUT2D eigenvalue weighted by atomic mass is 16.5. The lowest BCUT2D eigenvalue weighted by Gasteiger charge is -2.36. The Morgan fingerprint density at radius 1 is 1.21 bits per heavy atom. The topological polar surface area (TPSA) is 81.6 Å². The molecule has 7 heteroatoms. The average Bonchev–Trinajstić information content (AvgIpc) is 3.22. The minimum atomic E-state index is -0.650. The number of aryl methyl sites for hydroxylation is 1. The van der Waals surface area contributed by atoms with Gasteiger partial charge in [0.05, 0.1) is 18.4 Å². The van der Waals surface area contributed by atoms with Crippen LogP contribution < -0.4 is 15.3 Å². The van der Waals surface area contributed by atoms with E-state index in [1.165, 1.54) is 17.4 Å². The number of carbonyl (C=O) groups excluding carboxylic acids is 1. The summed E-state index contributed by atoms with van der Waals surface area (Å²) in [6.45, 7) is 3.98. The van der Waals surface area contributed by atoms with E-state index in [0.717, 1.165) is 25.3 Å². The summed E-state index contributed by atoms with van der Waals surface area (Å²) in [5, 5.41) is 8.63. The van der Waals surface area contributed by atoms with Crippen molar-refractivity contribution in [3.8, 4) is 0 Å². The predicted octanol–water partition coefficient (Wildman–Crippen LogP) is 1.37. The second kappa shape index (κ2) is 5.76. The van der Waals surface area contributed by atoms with Crippen molar-refractivity contribution < 1.29 is 10.0 Å². The maximum atomic E-state index is 11.3. The van der Waals surface area contributed by atoms with Crippen LogP contribution in [0.5, 0.6) is 0 Å². The standard InChI is InChI=1S/C17H19N5O2/c1-11-3-2-4-12(5-11)21-9-14-6-13(21)10-22(14)16-8-18-15(7-19-16)17(23)20-24/h2-5,7-8,13-14,24H,6,9-10H2,1H3,(H,20,23)/t13-,14-/m0/s1. The number of benzene rings is 1. The number of hydrogen-bond donors (Lipinski definition) is 2. The van der Waals surface area contributed by atoms with Gasteiger partial charge in [-0.15, -0.1) is 0 Å². The van der Waals surface area contributed by atoms with Gasteiger partial charge in [-0.2, -0.15) is 0 Å². The van der Waals surface area contributed by atoms with Crippen LogP contribution in [0.25, 0.3) is 0 Å². The molecule has 124 valence electrons. The molecule has 1 aromatic carbocycles. The van der Waals surface area contributed by atoms with Crippen molar-refractivity contribution in [3.05, 3.63) is 47.9 Å². The summed E-state index contributed by atoms with van der Waals surface area (Å²) >= 11 is 0. The van der Waals surface area contributed by atoms with Crippen molar-refractivity contribution in [2.24, 2.45) is 0 Å². The first-order valence-electron chi connectivity index (χ1n) is 8.02. The summed E-state index contributed by atoms with van der Waals surface area (Å²) in [6, 6.07) is 9.49. The molecule has 2 atom stereocenters. The number of anilines is 2. The van der Waals surface area contributed by atoms with Gasteiger partial charge in [0, 0.05) is 24.8 Å². The van der Waals surface area contributed by atoms with E-state index in [4.69, 9.17) is 5.21 Å². The van der Waals surface area contributed by atoms with Gasteiger partial charge in [-0.05, 0) is 31.0 Å². The van der Waals surface area contributed by atoms with E-state index in [1.807, 2.05) is 0 Å². The molecular formula is C17H19N5O2. The minimum absolute atomic E-state index is 0.104. The second-order valence-electron chi connectivity index (χ2n) is 6.39. The van der Waals surface area contributed by atoms with Gasteiger partial charge in [0.15, 0.2) is 0 Å². The summed E-state index contributed by atoms with van der Waals surface area (Å²) in [4.78, 5) is 24.4. The Balaban J connectivity index is 1.49. The van der Waals surface area contributed by atoms with Crippen LogP contribution in [0.1, 0.15) is 22.5 Å². The lowest BCUT2D eigenvalue weighted by molar-refractivity contribution is 0.0700. The Hall–Kier alpha value is -2.67. The zero-order valence-corrected chi connectivity index (χ0v) is 13.4. The number of amides is 1.